The van der Waals surface area contributed by atoms with Gasteiger partial charge in [0.1, 0.15) is 0 Å². The zero-order chi connectivity index (χ0) is 83.7. The van der Waals surface area contributed by atoms with Crippen molar-refractivity contribution in [3.05, 3.63) is 360 Å². The Labute approximate surface area is 694 Å². The molecule has 18 aromatic rings. The van der Waals surface area contributed by atoms with Gasteiger partial charge in [0.25, 0.3) is 0 Å². The van der Waals surface area contributed by atoms with Crippen molar-refractivity contribution in [3.63, 3.8) is 0 Å². The van der Waals surface area contributed by atoms with E-state index in [1.54, 1.807) is 24.3 Å². The number of rotatable bonds is 12. The van der Waals surface area contributed by atoms with Crippen LogP contribution in [0.5, 0.6) is 0 Å². The minimum atomic E-state index is -4.49. The fourth-order valence-electron chi connectivity index (χ4n) is 15.8. The second kappa shape index (κ2) is 31.0. The van der Waals surface area contributed by atoms with Crippen LogP contribution in [-0.4, -0.2) is 39.0 Å². The van der Waals surface area contributed by atoms with E-state index >= 15 is 0 Å². The van der Waals surface area contributed by atoms with E-state index in [-0.39, 0.29) is 16.2 Å². The van der Waals surface area contributed by atoms with Gasteiger partial charge in [-0.15, -0.1) is 0 Å². The second-order valence-corrected chi connectivity index (χ2v) is 33.9. The lowest BCUT2D eigenvalue weighted by molar-refractivity contribution is -0.138. The van der Waals surface area contributed by atoms with Crippen LogP contribution in [0, 0.1) is 13.8 Å². The van der Waals surface area contributed by atoms with Crippen LogP contribution in [0.4, 0.5) is 26.3 Å². The van der Waals surface area contributed by atoms with Gasteiger partial charge in [-0.3, -0.25) is 0 Å². The van der Waals surface area contributed by atoms with E-state index in [2.05, 4.69) is 213 Å². The van der Waals surface area contributed by atoms with Crippen LogP contribution in [0.15, 0.2) is 322 Å². The predicted octanol–water partition coefficient (Wildman–Crippen LogP) is 29.2. The molecule has 0 amide bonds. The lowest BCUT2D eigenvalue weighted by Crippen LogP contribution is -2.10. The minimum absolute atomic E-state index is 0.0841. The van der Waals surface area contributed by atoms with Gasteiger partial charge in [0.05, 0.1) is 44.6 Å². The maximum atomic E-state index is 14.1. The van der Waals surface area contributed by atoms with Crippen LogP contribution in [-0.2, 0) is 28.6 Å². The van der Waals surface area contributed by atoms with Crippen molar-refractivity contribution in [2.24, 2.45) is 0 Å². The standard InChI is InChI=1S/C55H47F3N4.C51H39F3N4/c1-34-18-20-35(21-19-34)43-30-39(52-60-50(37-14-10-8-11-15-37)59-51(61-52)38-16-12-9-13-17-38)31-44(36-22-24-40(25-23-36)55(56,57)58)49(43)62-47-28-26-41(53(2,3)4)32-45(47)46-33-42(54(5,6)7)27-29-48(46)62;1-32-19-21-33(22-20-32)41-29-37(49-56-47(35-13-7-5-8-14-35)55-48(57-49)36-15-9-6-10-16-36)30-42(34-23-25-38(26-24-34)51(52,53)54)46(41)58-44-18-12-11-17-40(44)43-31-39(50(2,3)4)27-28-45(43)58/h8-33H,1-7H3;5-31H,1-4H3. The van der Waals surface area contributed by atoms with Gasteiger partial charge in [0.2, 0.25) is 0 Å². The molecule has 0 saturated carbocycles. The first kappa shape index (κ1) is 78.8. The number of hydrogen-bond donors (Lipinski definition) is 0. The van der Waals surface area contributed by atoms with Crippen molar-refractivity contribution < 1.29 is 26.3 Å². The van der Waals surface area contributed by atoms with E-state index in [1.165, 1.54) is 28.8 Å². The molecule has 18 rings (SSSR count). The van der Waals surface area contributed by atoms with Crippen molar-refractivity contribution in [1.82, 2.24) is 39.0 Å². The molecular formula is C106H86F6N8. The van der Waals surface area contributed by atoms with Gasteiger partial charge in [0, 0.05) is 77.2 Å². The third kappa shape index (κ3) is 15.7. The van der Waals surface area contributed by atoms with Crippen molar-refractivity contribution in [1.29, 1.82) is 0 Å². The van der Waals surface area contributed by atoms with Gasteiger partial charge in [0.15, 0.2) is 34.9 Å². The molecule has 0 radical (unpaired) electrons. The van der Waals surface area contributed by atoms with E-state index in [0.717, 1.165) is 134 Å². The summed E-state index contributed by atoms with van der Waals surface area (Å²) >= 11 is 0. The van der Waals surface area contributed by atoms with E-state index in [1.807, 2.05) is 146 Å². The van der Waals surface area contributed by atoms with E-state index in [9.17, 15) is 26.3 Å². The summed E-state index contributed by atoms with van der Waals surface area (Å²) in [7, 11) is 0. The van der Waals surface area contributed by atoms with Crippen LogP contribution >= 0.6 is 0 Å². The van der Waals surface area contributed by atoms with E-state index < -0.39 is 23.5 Å². The molecule has 14 aromatic carbocycles. The Morgan fingerprint density at radius 1 is 0.208 bits per heavy atom. The molecule has 4 heterocycles. The highest BCUT2D eigenvalue weighted by atomic mass is 19.4. The third-order valence-corrected chi connectivity index (χ3v) is 22.4. The molecule has 0 aliphatic carbocycles. The van der Waals surface area contributed by atoms with Gasteiger partial charge in [-0.25, -0.2) is 29.9 Å². The Morgan fingerprint density at radius 3 is 0.700 bits per heavy atom. The molecule has 0 unspecified atom stereocenters. The molecule has 0 saturated heterocycles. The van der Waals surface area contributed by atoms with Crippen molar-refractivity contribution in [2.45, 2.75) is 105 Å². The van der Waals surface area contributed by atoms with E-state index in [0.29, 0.717) is 57.2 Å². The molecule has 0 aliphatic heterocycles. The molecule has 0 spiro atoms. The second-order valence-electron chi connectivity index (χ2n) is 33.9. The molecule has 8 nitrogen and oxygen atoms in total. The number of halogens is 6. The number of aromatic nitrogens is 8. The minimum Gasteiger partial charge on any atom is -0.308 e. The average Bonchev–Trinajstić information content (AvgIpc) is 1.57. The van der Waals surface area contributed by atoms with E-state index in [4.69, 9.17) is 29.9 Å². The number of alkyl halides is 6. The van der Waals surface area contributed by atoms with Gasteiger partial charge in [-0.1, -0.05) is 304 Å². The van der Waals surface area contributed by atoms with Crippen molar-refractivity contribution >= 4 is 43.6 Å². The number of benzene rings is 14. The summed E-state index contributed by atoms with van der Waals surface area (Å²) in [5.41, 5.74) is 20.8. The van der Waals surface area contributed by atoms with Crippen LogP contribution in [0.1, 0.15) is 101 Å². The molecule has 0 fully saturated rings. The molecule has 0 atom stereocenters. The average molecular weight is 1590 g/mol. The maximum absolute atomic E-state index is 14.1. The zero-order valence-electron chi connectivity index (χ0n) is 68.4. The summed E-state index contributed by atoms with van der Waals surface area (Å²) in [6, 6.07) is 103. The predicted molar refractivity (Wildman–Crippen MR) is 478 cm³/mol. The Morgan fingerprint density at radius 2 is 0.433 bits per heavy atom. The monoisotopic (exact) mass is 1580 g/mol. The Hall–Kier alpha value is -13.7. The summed E-state index contributed by atoms with van der Waals surface area (Å²) in [6.45, 7) is 24.1. The summed E-state index contributed by atoms with van der Waals surface area (Å²) in [5.74, 6) is 2.93. The Kier molecular flexibility index (Phi) is 20.3. The van der Waals surface area contributed by atoms with Crippen LogP contribution < -0.4 is 0 Å². The van der Waals surface area contributed by atoms with Gasteiger partial charge in [-0.2, -0.15) is 26.3 Å². The largest absolute Gasteiger partial charge is 0.416 e. The highest BCUT2D eigenvalue weighted by Crippen LogP contribution is 2.49. The van der Waals surface area contributed by atoms with Gasteiger partial charge >= 0.3 is 12.4 Å². The highest BCUT2D eigenvalue weighted by Gasteiger charge is 2.34. The molecule has 4 aromatic heterocycles. The first-order chi connectivity index (χ1) is 57.4. The molecule has 120 heavy (non-hydrogen) atoms. The summed E-state index contributed by atoms with van der Waals surface area (Å²) in [6.07, 6.45) is -8.98. The summed E-state index contributed by atoms with van der Waals surface area (Å²) in [4.78, 5) is 30.2. The van der Waals surface area contributed by atoms with Crippen molar-refractivity contribution in [3.8, 4) is 124 Å². The zero-order valence-corrected chi connectivity index (χ0v) is 68.4. The fraction of sp³-hybridized carbons (Fsp3) is 0.151. The first-order valence-electron chi connectivity index (χ1n) is 40.2. The normalized spacial score (nSPS) is 12.2. The lowest BCUT2D eigenvalue weighted by Gasteiger charge is -2.22. The number of aryl methyl sites for hydroxylation is 2. The van der Waals surface area contributed by atoms with Crippen molar-refractivity contribution in [2.75, 3.05) is 0 Å². The molecule has 0 N–H and O–H groups in total. The van der Waals surface area contributed by atoms with Crippen LogP contribution in [0.2, 0.25) is 0 Å². The topological polar surface area (TPSA) is 87.2 Å². The number of para-hydroxylation sites is 1. The molecule has 0 aliphatic rings. The first-order valence-corrected chi connectivity index (χ1v) is 40.2. The molecule has 592 valence electrons. The highest BCUT2D eigenvalue weighted by molar-refractivity contribution is 6.13. The fourth-order valence-corrected chi connectivity index (χ4v) is 15.8. The van der Waals surface area contributed by atoms with Crippen LogP contribution in [0.25, 0.3) is 168 Å². The number of hydrogen-bond acceptors (Lipinski definition) is 6. The Balaban J connectivity index is 0.000000172. The third-order valence-electron chi connectivity index (χ3n) is 22.4. The maximum Gasteiger partial charge on any atom is 0.416 e. The quantitative estimate of drug-likeness (QED) is 0.113. The van der Waals surface area contributed by atoms with Gasteiger partial charge in [-0.05, 0) is 160 Å². The smallest absolute Gasteiger partial charge is 0.308 e. The van der Waals surface area contributed by atoms with Gasteiger partial charge < -0.3 is 9.13 Å². The summed E-state index contributed by atoms with van der Waals surface area (Å²) < 4.78 is 89.0. The number of fused-ring (bicyclic) bond motifs is 6. The Bertz CT molecular complexity index is 6690. The molecular weight excluding hydrogens is 1500 g/mol. The lowest BCUT2D eigenvalue weighted by atomic mass is 9.85. The number of nitrogens with zero attached hydrogens (tertiary/aromatic N) is 8. The molecule has 0 bridgehead atoms. The van der Waals surface area contributed by atoms with Crippen LogP contribution in [0.3, 0.4) is 0 Å². The molecule has 14 heteroatoms. The SMILES string of the molecule is Cc1ccc(-c2cc(-c3nc(-c4ccccc4)nc(-c4ccccc4)n3)cc(-c3ccc(C(F)(F)F)cc3)c2-n2c3ccc(C(C)(C)C)cc3c3cc(C(C)(C)C)ccc32)cc1.Cc1ccc(-c2cc(-c3nc(-c4ccccc4)nc(-c4ccccc4)n3)cc(-c3ccc(C(F)(F)F)cc3)c2-n2c3ccccc3c3cc(C(C)(C)C)ccc32)cc1. The summed E-state index contributed by atoms with van der Waals surface area (Å²) in [5, 5.41) is 4.39.